The summed E-state index contributed by atoms with van der Waals surface area (Å²) in [5.41, 5.74) is 1.33. The molecule has 0 radical (unpaired) electrons. The van der Waals surface area contributed by atoms with Crippen LogP contribution in [0.25, 0.3) is 21.3 Å². The minimum absolute atomic E-state index is 0.303. The molecule has 0 saturated heterocycles. The number of thiazole rings is 1. The van der Waals surface area contributed by atoms with Crippen LogP contribution in [-0.4, -0.2) is 21.1 Å². The van der Waals surface area contributed by atoms with Crippen molar-refractivity contribution in [3.05, 3.63) is 59.3 Å². The Morgan fingerprint density at radius 1 is 1.04 bits per heavy atom. The number of benzene rings is 1. The van der Waals surface area contributed by atoms with Gasteiger partial charge in [0.15, 0.2) is 10.8 Å². The Morgan fingerprint density at radius 2 is 1.88 bits per heavy atom. The van der Waals surface area contributed by atoms with Crippen LogP contribution in [0.2, 0.25) is 0 Å². The van der Waals surface area contributed by atoms with Gasteiger partial charge in [0.25, 0.3) is 5.91 Å². The third kappa shape index (κ3) is 3.21. The fourth-order valence-corrected chi connectivity index (χ4v) is 3.86. The molecular weight excluding hydrogens is 356 g/mol. The Bertz CT molecular complexity index is 1010. The van der Waals surface area contributed by atoms with Gasteiger partial charge in [-0.1, -0.05) is 41.7 Å². The highest BCUT2D eigenvalue weighted by molar-refractivity contribution is 7.18. The first-order valence-electron chi connectivity index (χ1n) is 7.42. The minimum atomic E-state index is -0.303. The van der Waals surface area contributed by atoms with Crippen LogP contribution in [0.3, 0.4) is 0 Å². The summed E-state index contributed by atoms with van der Waals surface area (Å²) >= 11 is 2.74. The smallest absolute Gasteiger partial charge is 0.277 e. The fraction of sp³-hybridized carbons (Fsp3) is 0.0588. The second kappa shape index (κ2) is 6.58. The van der Waals surface area contributed by atoms with E-state index < -0.39 is 0 Å². The highest BCUT2D eigenvalue weighted by atomic mass is 32.1. The summed E-state index contributed by atoms with van der Waals surface area (Å²) in [6, 6.07) is 13.3. The first-order valence-corrected chi connectivity index (χ1v) is 9.05. The molecule has 25 heavy (non-hydrogen) atoms. The van der Waals surface area contributed by atoms with E-state index in [1.54, 1.807) is 12.3 Å². The van der Waals surface area contributed by atoms with Gasteiger partial charge in [-0.15, -0.1) is 21.5 Å². The zero-order valence-electron chi connectivity index (χ0n) is 13.1. The van der Waals surface area contributed by atoms with E-state index in [1.807, 2.05) is 43.3 Å². The predicted octanol–water partition coefficient (Wildman–Crippen LogP) is 4.48. The van der Waals surface area contributed by atoms with Crippen molar-refractivity contribution in [2.24, 2.45) is 0 Å². The van der Waals surface area contributed by atoms with Crippen LogP contribution in [0.4, 0.5) is 5.13 Å². The number of amides is 1. The van der Waals surface area contributed by atoms with Gasteiger partial charge in [-0.2, -0.15) is 0 Å². The number of nitrogens with one attached hydrogen (secondary N) is 1. The number of furan rings is 1. The molecular formula is C17H12N4O2S2. The van der Waals surface area contributed by atoms with E-state index >= 15 is 0 Å². The van der Waals surface area contributed by atoms with Crippen LogP contribution >= 0.6 is 22.7 Å². The molecule has 1 aromatic carbocycles. The first kappa shape index (κ1) is 15.7. The lowest BCUT2D eigenvalue weighted by molar-refractivity contribution is 0.102. The standard InChI is InChI=1S/C17H12N4O2S2/c1-10-13(18-16(24-10)12-8-5-9-23-12)14(22)19-17-21-20-15(25-17)11-6-3-2-4-7-11/h2-9H,1H3,(H,19,21,22). The second-order valence-corrected chi connectivity index (χ2v) is 7.31. The van der Waals surface area contributed by atoms with E-state index in [4.69, 9.17) is 4.42 Å². The van der Waals surface area contributed by atoms with Crippen molar-refractivity contribution in [1.82, 2.24) is 15.2 Å². The number of aryl methyl sites for hydroxylation is 1. The average molecular weight is 368 g/mol. The number of hydrogen-bond donors (Lipinski definition) is 1. The third-order valence-corrected chi connectivity index (χ3v) is 5.28. The van der Waals surface area contributed by atoms with Gasteiger partial charge >= 0.3 is 0 Å². The molecule has 0 fully saturated rings. The SMILES string of the molecule is Cc1sc(-c2ccco2)nc1C(=O)Nc1nnc(-c2ccccc2)s1. The van der Waals surface area contributed by atoms with Crippen molar-refractivity contribution >= 4 is 33.7 Å². The molecule has 4 aromatic rings. The molecule has 1 N–H and O–H groups in total. The zero-order chi connectivity index (χ0) is 17.2. The van der Waals surface area contributed by atoms with Gasteiger partial charge < -0.3 is 4.42 Å². The summed E-state index contributed by atoms with van der Waals surface area (Å²) in [4.78, 5) is 17.7. The molecule has 6 nitrogen and oxygen atoms in total. The monoisotopic (exact) mass is 368 g/mol. The zero-order valence-corrected chi connectivity index (χ0v) is 14.7. The lowest BCUT2D eigenvalue weighted by atomic mass is 10.2. The Labute approximate surface area is 151 Å². The molecule has 0 spiro atoms. The molecule has 8 heteroatoms. The van der Waals surface area contributed by atoms with Crippen LogP contribution in [0.15, 0.2) is 53.1 Å². The molecule has 3 heterocycles. The molecule has 124 valence electrons. The number of aromatic nitrogens is 3. The molecule has 1 amide bonds. The van der Waals surface area contributed by atoms with Crippen LogP contribution < -0.4 is 5.32 Å². The highest BCUT2D eigenvalue weighted by Gasteiger charge is 2.19. The Morgan fingerprint density at radius 3 is 2.64 bits per heavy atom. The number of nitrogens with zero attached hydrogens (tertiary/aromatic N) is 3. The third-order valence-electron chi connectivity index (χ3n) is 3.41. The number of anilines is 1. The molecule has 4 rings (SSSR count). The molecule has 0 unspecified atom stereocenters. The topological polar surface area (TPSA) is 80.9 Å². The molecule has 0 aliphatic carbocycles. The molecule has 0 aliphatic heterocycles. The summed E-state index contributed by atoms with van der Waals surface area (Å²) in [5.74, 6) is 0.344. The number of carbonyl (C=O) groups excluding carboxylic acids is 1. The van der Waals surface area contributed by atoms with Crippen LogP contribution in [-0.2, 0) is 0 Å². The predicted molar refractivity (Wildman–Crippen MR) is 97.9 cm³/mol. The average Bonchev–Trinajstić information content (AvgIpc) is 3.35. The second-order valence-electron chi connectivity index (χ2n) is 5.13. The van der Waals surface area contributed by atoms with Gasteiger partial charge in [-0.05, 0) is 19.1 Å². The lowest BCUT2D eigenvalue weighted by Crippen LogP contribution is -2.13. The largest absolute Gasteiger partial charge is 0.462 e. The molecule has 0 bridgehead atoms. The number of rotatable bonds is 4. The van der Waals surface area contributed by atoms with Crippen molar-refractivity contribution in [3.8, 4) is 21.3 Å². The lowest BCUT2D eigenvalue weighted by Gasteiger charge is -1.98. The fourth-order valence-electron chi connectivity index (χ4n) is 2.24. The maximum absolute atomic E-state index is 12.5. The highest BCUT2D eigenvalue weighted by Crippen LogP contribution is 2.29. The van der Waals surface area contributed by atoms with E-state index in [0.29, 0.717) is 21.6 Å². The molecule has 0 atom stereocenters. The van der Waals surface area contributed by atoms with Gasteiger partial charge in [0.05, 0.1) is 6.26 Å². The van der Waals surface area contributed by atoms with Gasteiger partial charge in [-0.25, -0.2) is 4.98 Å². The van der Waals surface area contributed by atoms with Gasteiger partial charge in [0.2, 0.25) is 5.13 Å². The van der Waals surface area contributed by atoms with E-state index in [9.17, 15) is 4.79 Å². The van der Waals surface area contributed by atoms with Crippen LogP contribution in [0.5, 0.6) is 0 Å². The number of carbonyl (C=O) groups is 1. The van der Waals surface area contributed by atoms with E-state index in [-0.39, 0.29) is 5.91 Å². The maximum atomic E-state index is 12.5. The molecule has 3 aromatic heterocycles. The molecule has 0 aliphatic rings. The Balaban J connectivity index is 1.54. The van der Waals surface area contributed by atoms with Gasteiger partial charge in [-0.3, -0.25) is 10.1 Å². The van der Waals surface area contributed by atoms with E-state index in [1.165, 1.54) is 22.7 Å². The van der Waals surface area contributed by atoms with Crippen molar-refractivity contribution in [2.75, 3.05) is 5.32 Å². The van der Waals surface area contributed by atoms with Crippen molar-refractivity contribution in [2.45, 2.75) is 6.92 Å². The Hall–Kier alpha value is -2.84. The van der Waals surface area contributed by atoms with Crippen LogP contribution in [0.1, 0.15) is 15.4 Å². The normalized spacial score (nSPS) is 10.8. The maximum Gasteiger partial charge on any atom is 0.277 e. The van der Waals surface area contributed by atoms with Crippen LogP contribution in [0, 0.1) is 6.92 Å². The van der Waals surface area contributed by atoms with Crippen molar-refractivity contribution in [3.63, 3.8) is 0 Å². The summed E-state index contributed by atoms with van der Waals surface area (Å²) in [5, 5.41) is 12.8. The minimum Gasteiger partial charge on any atom is -0.462 e. The first-order chi connectivity index (χ1) is 12.2. The van der Waals surface area contributed by atoms with E-state index in [0.717, 1.165) is 15.4 Å². The summed E-state index contributed by atoms with van der Waals surface area (Å²) < 4.78 is 5.33. The summed E-state index contributed by atoms with van der Waals surface area (Å²) in [6.45, 7) is 1.86. The van der Waals surface area contributed by atoms with Crippen molar-refractivity contribution in [1.29, 1.82) is 0 Å². The summed E-state index contributed by atoms with van der Waals surface area (Å²) in [6.07, 6.45) is 1.58. The number of hydrogen-bond acceptors (Lipinski definition) is 7. The molecule has 0 saturated carbocycles. The summed E-state index contributed by atoms with van der Waals surface area (Å²) in [7, 11) is 0. The quantitative estimate of drug-likeness (QED) is 0.574. The van der Waals surface area contributed by atoms with Gasteiger partial charge in [0.1, 0.15) is 10.7 Å². The van der Waals surface area contributed by atoms with E-state index in [2.05, 4.69) is 20.5 Å². The van der Waals surface area contributed by atoms with Gasteiger partial charge in [0, 0.05) is 10.4 Å². The Kier molecular flexibility index (Phi) is 4.12. The van der Waals surface area contributed by atoms with Crippen molar-refractivity contribution < 1.29 is 9.21 Å².